The summed E-state index contributed by atoms with van der Waals surface area (Å²) in [4.78, 5) is 26.1. The molecule has 4 atom stereocenters. The van der Waals surface area contributed by atoms with E-state index in [9.17, 15) is 31.2 Å². The standard InChI is InChI=1S/C22H30F2N4O.C14H18FN3O4S/c1-15-25-28(22(29)26(15)2)14-18(23)13-27-19-9-10-20(27)12-16(11-19)7-8-17-5-3-4-6-21(17)24;1-10-4-6-13(7-5-10)23(20,21)22-9-12(15)8-18-14(19)17(3)11(2)16-18/h3-6,16,18-20H,7-14H2,1-2H3;4-7,12H,8-9H2,1-3H3/t16?,18-,19?,20?;12-/m10/s1. The van der Waals surface area contributed by atoms with Crippen molar-refractivity contribution in [3.63, 3.8) is 0 Å². The first-order valence-corrected chi connectivity index (χ1v) is 19.0. The first-order chi connectivity index (χ1) is 24.6. The highest BCUT2D eigenvalue weighted by atomic mass is 32.2. The van der Waals surface area contributed by atoms with Gasteiger partial charge in [-0.15, -0.1) is 0 Å². The molecule has 4 aromatic rings. The molecule has 284 valence electrons. The molecule has 2 unspecified atom stereocenters. The fourth-order valence-corrected chi connectivity index (χ4v) is 7.99. The normalized spacial score (nSPS) is 20.0. The number of fused-ring (bicyclic) bond motifs is 2. The van der Waals surface area contributed by atoms with Gasteiger partial charge >= 0.3 is 11.4 Å². The largest absolute Gasteiger partial charge is 0.345 e. The zero-order valence-electron chi connectivity index (χ0n) is 30.3. The summed E-state index contributed by atoms with van der Waals surface area (Å²) in [5.74, 6) is 1.49. The zero-order chi connectivity index (χ0) is 37.7. The van der Waals surface area contributed by atoms with Crippen molar-refractivity contribution in [3.8, 4) is 0 Å². The van der Waals surface area contributed by atoms with Crippen molar-refractivity contribution in [2.24, 2.45) is 20.0 Å². The van der Waals surface area contributed by atoms with Gasteiger partial charge in [-0.25, -0.2) is 32.1 Å². The maximum atomic E-state index is 14.8. The van der Waals surface area contributed by atoms with Crippen molar-refractivity contribution in [1.82, 2.24) is 33.6 Å². The van der Waals surface area contributed by atoms with Gasteiger partial charge < -0.3 is 0 Å². The van der Waals surface area contributed by atoms with Crippen LogP contribution in [0.3, 0.4) is 0 Å². The van der Waals surface area contributed by atoms with Gasteiger partial charge in [-0.1, -0.05) is 35.9 Å². The van der Waals surface area contributed by atoms with Crippen LogP contribution in [0.25, 0.3) is 0 Å². The minimum Gasteiger partial charge on any atom is -0.294 e. The summed E-state index contributed by atoms with van der Waals surface area (Å²) in [6.45, 7) is 4.50. The Morgan fingerprint density at radius 2 is 1.35 bits per heavy atom. The zero-order valence-corrected chi connectivity index (χ0v) is 31.1. The average molecular weight is 748 g/mol. The highest BCUT2D eigenvalue weighted by Crippen LogP contribution is 2.40. The first-order valence-electron chi connectivity index (χ1n) is 17.6. The van der Waals surface area contributed by atoms with Crippen LogP contribution in [0.15, 0.2) is 63.0 Å². The number of hydrogen-bond donors (Lipinski definition) is 0. The number of nitrogens with zero attached hydrogens (tertiary/aromatic N) is 7. The summed E-state index contributed by atoms with van der Waals surface area (Å²) >= 11 is 0. The summed E-state index contributed by atoms with van der Waals surface area (Å²) in [5.41, 5.74) is 0.964. The predicted octanol–water partition coefficient (Wildman–Crippen LogP) is 4.19. The second-order valence-electron chi connectivity index (χ2n) is 13.9. The monoisotopic (exact) mass is 747 g/mol. The minimum absolute atomic E-state index is 0.00711. The van der Waals surface area contributed by atoms with Crippen LogP contribution in [0.5, 0.6) is 0 Å². The quantitative estimate of drug-likeness (QED) is 0.187. The van der Waals surface area contributed by atoms with Gasteiger partial charge in [0, 0.05) is 32.7 Å². The van der Waals surface area contributed by atoms with Crippen molar-refractivity contribution < 1.29 is 25.8 Å². The Morgan fingerprint density at radius 1 is 0.808 bits per heavy atom. The van der Waals surface area contributed by atoms with E-state index in [-0.39, 0.29) is 29.5 Å². The van der Waals surface area contributed by atoms with E-state index in [1.807, 2.05) is 19.1 Å². The first kappa shape index (κ1) is 39.2. The van der Waals surface area contributed by atoms with Gasteiger partial charge in [0.15, 0.2) is 0 Å². The molecule has 2 aliphatic heterocycles. The second kappa shape index (κ2) is 16.8. The third kappa shape index (κ3) is 9.50. The Morgan fingerprint density at radius 3 is 1.87 bits per heavy atom. The van der Waals surface area contributed by atoms with Crippen LogP contribution in [0.2, 0.25) is 0 Å². The molecule has 4 heterocycles. The second-order valence-corrected chi connectivity index (χ2v) is 15.6. The average Bonchev–Trinajstić information content (AvgIpc) is 3.58. The fourth-order valence-electron chi connectivity index (χ4n) is 7.06. The number of aromatic nitrogens is 6. The van der Waals surface area contributed by atoms with E-state index in [2.05, 4.69) is 15.1 Å². The maximum absolute atomic E-state index is 14.8. The number of piperidine rings is 1. The molecule has 12 nitrogen and oxygen atoms in total. The third-order valence-corrected chi connectivity index (χ3v) is 11.4. The maximum Gasteiger partial charge on any atom is 0.345 e. The van der Waals surface area contributed by atoms with Gasteiger partial charge in [-0.05, 0) is 89.0 Å². The highest BCUT2D eigenvalue weighted by Gasteiger charge is 2.41. The van der Waals surface area contributed by atoms with E-state index in [4.69, 9.17) is 4.18 Å². The molecule has 0 N–H and O–H groups in total. The molecule has 2 saturated heterocycles. The number of alkyl halides is 2. The lowest BCUT2D eigenvalue weighted by molar-refractivity contribution is 0.0673. The summed E-state index contributed by atoms with van der Waals surface area (Å²) in [6.07, 6.45) is 3.29. The minimum atomic E-state index is -4.03. The topological polar surface area (TPSA) is 126 Å². The van der Waals surface area contributed by atoms with E-state index in [0.717, 1.165) is 54.3 Å². The number of rotatable bonds is 13. The van der Waals surface area contributed by atoms with Gasteiger partial charge in [0.1, 0.15) is 29.8 Å². The SMILES string of the molecule is Cc1ccc(S(=O)(=O)OC[C@@H](F)Cn2nc(C)n(C)c2=O)cc1.Cc1nn(C[C@H](F)CN2C3CCC2CC(CCc2ccccc2F)C3)c(=O)n1C. The van der Waals surface area contributed by atoms with E-state index in [0.29, 0.717) is 36.2 Å². The van der Waals surface area contributed by atoms with Crippen LogP contribution in [0, 0.1) is 32.5 Å². The molecule has 0 aliphatic carbocycles. The Hall–Kier alpha value is -4.02. The number of halogens is 3. The van der Waals surface area contributed by atoms with Crippen LogP contribution in [0.4, 0.5) is 13.2 Å². The number of hydrogen-bond acceptors (Lipinski definition) is 8. The van der Waals surface area contributed by atoms with Crippen molar-refractivity contribution in [3.05, 3.63) is 98.1 Å². The van der Waals surface area contributed by atoms with Crippen LogP contribution in [-0.2, 0) is 47.9 Å². The summed E-state index contributed by atoms with van der Waals surface area (Å²) in [6, 6.07) is 13.9. The van der Waals surface area contributed by atoms with E-state index < -0.39 is 34.8 Å². The molecular weight excluding hydrogens is 700 g/mol. The smallest absolute Gasteiger partial charge is 0.294 e. The van der Waals surface area contributed by atoms with Crippen molar-refractivity contribution in [2.45, 2.75) is 102 Å². The lowest BCUT2D eigenvalue weighted by atomic mass is 9.86. The van der Waals surface area contributed by atoms with Gasteiger partial charge in [-0.3, -0.25) is 18.2 Å². The Bertz CT molecular complexity index is 2030. The Kier molecular flexibility index (Phi) is 12.6. The highest BCUT2D eigenvalue weighted by molar-refractivity contribution is 7.86. The van der Waals surface area contributed by atoms with Gasteiger partial charge in [0.05, 0.1) is 24.6 Å². The van der Waals surface area contributed by atoms with Crippen molar-refractivity contribution in [2.75, 3.05) is 13.2 Å². The molecule has 0 amide bonds. The predicted molar refractivity (Wildman–Crippen MR) is 189 cm³/mol. The molecule has 0 saturated carbocycles. The van der Waals surface area contributed by atoms with Gasteiger partial charge in [0.25, 0.3) is 10.1 Å². The Labute approximate surface area is 301 Å². The number of benzene rings is 2. The number of aryl methyl sites for hydroxylation is 4. The van der Waals surface area contributed by atoms with E-state index in [1.54, 1.807) is 39.1 Å². The Balaban J connectivity index is 0.000000207. The molecular formula is C36H48F3N7O5S. The van der Waals surface area contributed by atoms with E-state index >= 15 is 0 Å². The van der Waals surface area contributed by atoms with Gasteiger partial charge in [-0.2, -0.15) is 18.6 Å². The van der Waals surface area contributed by atoms with E-state index in [1.165, 1.54) is 39.1 Å². The molecule has 0 spiro atoms. The molecule has 52 heavy (non-hydrogen) atoms. The summed E-state index contributed by atoms with van der Waals surface area (Å²) < 4.78 is 76.1. The molecule has 16 heteroatoms. The lowest BCUT2D eigenvalue weighted by Crippen LogP contribution is -2.46. The molecule has 2 bridgehead atoms. The molecule has 6 rings (SSSR count). The third-order valence-electron chi connectivity index (χ3n) is 10.1. The lowest BCUT2D eigenvalue weighted by Gasteiger charge is -2.39. The van der Waals surface area contributed by atoms with Crippen LogP contribution < -0.4 is 11.4 Å². The van der Waals surface area contributed by atoms with Crippen LogP contribution in [0.1, 0.15) is 54.9 Å². The summed E-state index contributed by atoms with van der Waals surface area (Å²) in [7, 11) is -0.856. The van der Waals surface area contributed by atoms with Crippen molar-refractivity contribution in [1.29, 1.82) is 0 Å². The molecule has 2 fully saturated rings. The fraction of sp³-hybridized carbons (Fsp3) is 0.556. The molecule has 0 radical (unpaired) electrons. The molecule has 2 aromatic carbocycles. The summed E-state index contributed by atoms with van der Waals surface area (Å²) in [5, 5.41) is 8.03. The van der Waals surface area contributed by atoms with Crippen LogP contribution >= 0.6 is 0 Å². The van der Waals surface area contributed by atoms with Gasteiger partial charge in [0.2, 0.25) is 0 Å². The molecule has 2 aliphatic rings. The molecule has 2 aromatic heterocycles. The van der Waals surface area contributed by atoms with Crippen LogP contribution in [-0.4, -0.2) is 79.6 Å². The van der Waals surface area contributed by atoms with Crippen molar-refractivity contribution >= 4 is 10.1 Å².